The highest BCUT2D eigenvalue weighted by atomic mass is 32.2. The molecule has 13 nitrogen and oxygen atoms in total. The lowest BCUT2D eigenvalue weighted by molar-refractivity contribution is -0.675. The molecule has 254 valence electrons. The molecule has 2 aromatic heterocycles. The molecule has 3 unspecified atom stereocenters. The molecule has 2 amide bonds. The third-order valence-electron chi connectivity index (χ3n) is 8.63. The minimum Gasteiger partial charge on any atom is -0.543 e. The number of hydrogen-bond donors (Lipinski definition) is 3. The zero-order valence-electron chi connectivity index (χ0n) is 26.0. The predicted octanol–water partition coefficient (Wildman–Crippen LogP) is 0.923. The Bertz CT molecular complexity index is 1940. The molecule has 17 heteroatoms. The summed E-state index contributed by atoms with van der Waals surface area (Å²) in [7, 11) is 0. The SMILES string of the molecule is C#CC(O/N=C\C(=O)NC1C(=O)N2C(C(=O)[O-])=C(CSc3cc[n+](C4CC4)c4cc(N5CCNCC5)c(F)cc34)CSC12)c1csc(N)n1. The highest BCUT2D eigenvalue weighted by Gasteiger charge is 2.52. The maximum Gasteiger partial charge on any atom is 0.266 e. The van der Waals surface area contributed by atoms with E-state index >= 15 is 4.39 Å². The van der Waals surface area contributed by atoms with E-state index < -0.39 is 35.3 Å². The predicted molar refractivity (Wildman–Crippen MR) is 183 cm³/mol. The number of fused-ring (bicyclic) bond motifs is 2. The van der Waals surface area contributed by atoms with Crippen molar-refractivity contribution in [2.24, 2.45) is 5.16 Å². The smallest absolute Gasteiger partial charge is 0.266 e. The molecule has 3 atom stereocenters. The number of carbonyl (C=O) groups excluding carboxylic acids is 3. The number of hydrogen-bond acceptors (Lipinski definition) is 13. The van der Waals surface area contributed by atoms with Gasteiger partial charge in [0, 0.05) is 72.9 Å². The van der Waals surface area contributed by atoms with E-state index in [1.54, 1.807) is 11.4 Å². The number of benzene rings is 1. The number of carboxylic acids is 1. The normalized spacial score (nSPS) is 21.3. The number of rotatable bonds is 11. The number of oxime groups is 1. The van der Waals surface area contributed by atoms with Crippen molar-refractivity contribution in [3.63, 3.8) is 0 Å². The van der Waals surface area contributed by atoms with Crippen LogP contribution in [-0.2, 0) is 19.2 Å². The van der Waals surface area contributed by atoms with Crippen LogP contribution in [0.5, 0.6) is 0 Å². The summed E-state index contributed by atoms with van der Waals surface area (Å²) < 4.78 is 17.8. The van der Waals surface area contributed by atoms with Crippen LogP contribution >= 0.6 is 34.9 Å². The molecular formula is C32H31FN8O5S3. The Morgan fingerprint density at radius 2 is 2.16 bits per heavy atom. The number of halogens is 1. The monoisotopic (exact) mass is 722 g/mol. The first-order valence-corrected chi connectivity index (χ1v) is 18.5. The number of pyridine rings is 1. The fourth-order valence-corrected chi connectivity index (χ4v) is 9.19. The lowest BCUT2D eigenvalue weighted by Crippen LogP contribution is -2.71. The molecule has 0 bridgehead atoms. The third-order valence-corrected chi connectivity index (χ3v) is 11.8. The van der Waals surface area contributed by atoms with Crippen molar-refractivity contribution in [1.82, 2.24) is 20.5 Å². The fraction of sp³-hybridized carbons (Fsp3) is 0.375. The van der Waals surface area contributed by atoms with Gasteiger partial charge in [0.05, 0.1) is 22.7 Å². The minimum absolute atomic E-state index is 0.205. The van der Waals surface area contributed by atoms with Crippen LogP contribution in [0, 0.1) is 18.2 Å². The van der Waals surface area contributed by atoms with Gasteiger partial charge in [-0.3, -0.25) is 14.5 Å². The number of nitrogens with zero attached hydrogens (tertiary/aromatic N) is 5. The van der Waals surface area contributed by atoms with Crippen LogP contribution < -0.4 is 30.9 Å². The van der Waals surface area contributed by atoms with E-state index in [0.29, 0.717) is 33.9 Å². The molecule has 0 spiro atoms. The first-order chi connectivity index (χ1) is 23.7. The quantitative estimate of drug-likeness (QED) is 0.0643. The van der Waals surface area contributed by atoms with Gasteiger partial charge in [0.25, 0.3) is 11.8 Å². The summed E-state index contributed by atoms with van der Waals surface area (Å²) in [6.07, 6.45) is 9.49. The first kappa shape index (κ1) is 33.1. The van der Waals surface area contributed by atoms with Gasteiger partial charge in [-0.05, 0) is 11.6 Å². The van der Waals surface area contributed by atoms with Gasteiger partial charge in [-0.2, -0.15) is 4.57 Å². The van der Waals surface area contributed by atoms with Gasteiger partial charge >= 0.3 is 0 Å². The maximum absolute atomic E-state index is 15.6. The van der Waals surface area contributed by atoms with E-state index in [-0.39, 0.29) is 17.3 Å². The zero-order valence-corrected chi connectivity index (χ0v) is 28.4. The Morgan fingerprint density at radius 3 is 2.86 bits per heavy atom. The number of carbonyl (C=O) groups is 3. The van der Waals surface area contributed by atoms with Crippen LogP contribution in [0.15, 0.2) is 51.1 Å². The lowest BCUT2D eigenvalue weighted by Gasteiger charge is -2.50. The molecule has 49 heavy (non-hydrogen) atoms. The van der Waals surface area contributed by atoms with Crippen LogP contribution in [0.25, 0.3) is 10.9 Å². The standard InChI is InChI=1S/C32H31FN8O5S3/c1-2-24(21-16-49-32(34)37-21)46-36-13-26(42)38-27-29(43)41-28(31(44)45)17(15-48-30(27)41)14-47-25-5-8-40(18-3-4-18)22-12-23(20(33)11-19(22)25)39-9-6-35-7-10-39/h1,5,8,11-13,16,18,24,27,30,35H,3-4,6-7,9-10,14-15H2,(H3-,34,37,38,42,44,45)/b36-13-. The average molecular weight is 723 g/mol. The van der Waals surface area contributed by atoms with Crippen molar-refractivity contribution in [1.29, 1.82) is 0 Å². The number of aromatic nitrogens is 2. The van der Waals surface area contributed by atoms with Gasteiger partial charge in [-0.1, -0.05) is 11.1 Å². The highest BCUT2D eigenvalue weighted by molar-refractivity contribution is 8.01. The number of nitrogen functional groups attached to an aromatic ring is 1. The second kappa shape index (κ2) is 13.9. The Kier molecular flexibility index (Phi) is 9.38. The third kappa shape index (κ3) is 6.65. The molecule has 7 rings (SSSR count). The Labute approximate surface area is 293 Å². The van der Waals surface area contributed by atoms with Crippen LogP contribution in [0.2, 0.25) is 0 Å². The summed E-state index contributed by atoms with van der Waals surface area (Å²) in [4.78, 5) is 51.3. The number of carboxylic acid groups (broad SMARTS) is 1. The topological polar surface area (TPSA) is 169 Å². The van der Waals surface area contributed by atoms with E-state index in [0.717, 1.165) is 65.9 Å². The van der Waals surface area contributed by atoms with Crippen molar-refractivity contribution in [3.05, 3.63) is 52.6 Å². The number of β-lactam (4-membered cyclic amide) rings is 1. The molecular weight excluding hydrogens is 692 g/mol. The Morgan fingerprint density at radius 1 is 1.37 bits per heavy atom. The molecule has 5 heterocycles. The van der Waals surface area contributed by atoms with Crippen molar-refractivity contribution < 1.29 is 33.3 Å². The van der Waals surface area contributed by atoms with Gasteiger partial charge in [0.2, 0.25) is 11.6 Å². The van der Waals surface area contributed by atoms with Crippen LogP contribution in [-0.4, -0.2) is 83.0 Å². The van der Waals surface area contributed by atoms with Gasteiger partial charge in [0.15, 0.2) is 17.4 Å². The molecule has 3 aromatic rings. The van der Waals surface area contributed by atoms with E-state index in [2.05, 4.69) is 36.2 Å². The maximum atomic E-state index is 15.6. The molecule has 0 radical (unpaired) electrons. The summed E-state index contributed by atoms with van der Waals surface area (Å²) in [6, 6.07) is 4.85. The van der Waals surface area contributed by atoms with Gasteiger partial charge in [0.1, 0.15) is 29.1 Å². The molecule has 4 N–H and O–H groups in total. The summed E-state index contributed by atoms with van der Waals surface area (Å²) >= 11 is 3.90. The van der Waals surface area contributed by atoms with Gasteiger partial charge < -0.3 is 36.0 Å². The number of nitrogens with two attached hydrogens (primary N) is 1. The second-order valence-electron chi connectivity index (χ2n) is 11.8. The number of anilines is 2. The zero-order chi connectivity index (χ0) is 34.2. The van der Waals surface area contributed by atoms with E-state index in [4.69, 9.17) is 17.0 Å². The molecule has 2 saturated heterocycles. The Hall–Kier alpha value is -4.37. The Balaban J connectivity index is 1.04. The minimum atomic E-state index is -1.48. The molecule has 4 aliphatic rings. The van der Waals surface area contributed by atoms with Crippen molar-refractivity contribution in [2.45, 2.75) is 41.3 Å². The number of thioether (sulfide) groups is 2. The number of piperazine rings is 1. The number of amides is 2. The summed E-state index contributed by atoms with van der Waals surface area (Å²) in [5.74, 6) is -0.186. The number of terminal acetylenes is 1. The second-order valence-corrected chi connectivity index (χ2v) is 14.8. The lowest BCUT2D eigenvalue weighted by atomic mass is 10.0. The van der Waals surface area contributed by atoms with Gasteiger partial charge in [-0.15, -0.1) is 41.3 Å². The van der Waals surface area contributed by atoms with Gasteiger partial charge in [-0.25, -0.2) is 9.37 Å². The summed E-state index contributed by atoms with van der Waals surface area (Å²) in [5, 5.41) is 23.9. The number of aliphatic carboxylic acids is 1. The average Bonchev–Trinajstić information content (AvgIpc) is 3.86. The van der Waals surface area contributed by atoms with Crippen LogP contribution in [0.4, 0.5) is 15.2 Å². The van der Waals surface area contributed by atoms with Crippen molar-refractivity contribution >= 4 is 80.6 Å². The van der Waals surface area contributed by atoms with E-state index in [1.807, 2.05) is 18.3 Å². The first-order valence-electron chi connectivity index (χ1n) is 15.5. The van der Waals surface area contributed by atoms with Crippen molar-refractivity contribution in [3.8, 4) is 12.3 Å². The molecule has 3 aliphatic heterocycles. The number of thiazole rings is 1. The van der Waals surface area contributed by atoms with E-state index in [1.165, 1.54) is 34.9 Å². The largest absolute Gasteiger partial charge is 0.543 e. The molecule has 1 saturated carbocycles. The molecule has 1 aliphatic carbocycles. The number of nitrogens with one attached hydrogen (secondary N) is 2. The molecule has 1 aromatic carbocycles. The van der Waals surface area contributed by atoms with E-state index in [9.17, 15) is 19.5 Å². The summed E-state index contributed by atoms with van der Waals surface area (Å²) in [5.41, 5.74) is 7.81. The summed E-state index contributed by atoms with van der Waals surface area (Å²) in [6.45, 7) is 3.02. The molecule has 3 fully saturated rings. The van der Waals surface area contributed by atoms with Crippen LogP contribution in [0.1, 0.15) is 30.7 Å². The van der Waals surface area contributed by atoms with Crippen LogP contribution in [0.3, 0.4) is 0 Å². The fourth-order valence-electron chi connectivity index (χ4n) is 6.09. The van der Waals surface area contributed by atoms with Crippen molar-refractivity contribution in [2.75, 3.05) is 48.3 Å². The highest BCUT2D eigenvalue weighted by Crippen LogP contribution is 2.42.